The molecule has 2 N–H and O–H groups in total. The number of aromatic nitrogens is 1. The summed E-state index contributed by atoms with van der Waals surface area (Å²) in [6.07, 6.45) is 3.58. The van der Waals surface area contributed by atoms with Crippen LogP contribution in [0, 0.1) is 0 Å². The predicted octanol–water partition coefficient (Wildman–Crippen LogP) is 3.80. The summed E-state index contributed by atoms with van der Waals surface area (Å²) in [7, 11) is 0. The molecule has 0 radical (unpaired) electrons. The van der Waals surface area contributed by atoms with Crippen LogP contribution in [0.25, 0.3) is 10.2 Å². The van der Waals surface area contributed by atoms with E-state index in [4.69, 9.17) is 9.72 Å². The van der Waals surface area contributed by atoms with E-state index in [2.05, 4.69) is 15.5 Å². The molecular weight excluding hydrogens is 400 g/mol. The smallest absolute Gasteiger partial charge is 0.262 e. The molecule has 1 saturated heterocycles. The van der Waals surface area contributed by atoms with Crippen LogP contribution in [0.1, 0.15) is 24.8 Å². The normalized spacial score (nSPS) is 15.7. The maximum absolute atomic E-state index is 12.4. The first kappa shape index (κ1) is 18.9. The summed E-state index contributed by atoms with van der Waals surface area (Å²) in [5.74, 6) is 0.430. The van der Waals surface area contributed by atoms with Gasteiger partial charge in [-0.3, -0.25) is 9.59 Å². The van der Waals surface area contributed by atoms with E-state index >= 15 is 0 Å². The molecule has 2 amide bonds. The largest absolute Gasteiger partial charge is 0.484 e. The van der Waals surface area contributed by atoms with Crippen LogP contribution in [0.2, 0.25) is 0 Å². The number of fused-ring (bicyclic) bond motifs is 2. The Bertz CT molecular complexity index is 1120. The Hall–Kier alpha value is -3.13. The molecule has 8 heteroatoms. The Morgan fingerprint density at radius 1 is 1.17 bits per heavy atom. The van der Waals surface area contributed by atoms with Crippen molar-refractivity contribution in [1.82, 2.24) is 4.98 Å². The molecule has 2 aliphatic rings. The predicted molar refractivity (Wildman–Crippen MR) is 119 cm³/mol. The first-order valence-electron chi connectivity index (χ1n) is 10.1. The summed E-state index contributed by atoms with van der Waals surface area (Å²) in [5, 5.41) is 6.79. The molecule has 0 aliphatic carbocycles. The van der Waals surface area contributed by atoms with Crippen LogP contribution in [0.5, 0.6) is 5.75 Å². The fourth-order valence-corrected chi connectivity index (χ4v) is 4.89. The summed E-state index contributed by atoms with van der Waals surface area (Å²) in [5.41, 5.74) is 3.53. The summed E-state index contributed by atoms with van der Waals surface area (Å²) in [6.45, 7) is 2.05. The van der Waals surface area contributed by atoms with Crippen LogP contribution in [-0.4, -0.2) is 36.5 Å². The van der Waals surface area contributed by atoms with Gasteiger partial charge in [0, 0.05) is 30.9 Å². The molecule has 3 heterocycles. The molecule has 154 valence electrons. The Labute approximate surface area is 178 Å². The maximum Gasteiger partial charge on any atom is 0.262 e. The minimum absolute atomic E-state index is 0.0287. The molecule has 0 bridgehead atoms. The highest BCUT2D eigenvalue weighted by atomic mass is 32.1. The van der Waals surface area contributed by atoms with Gasteiger partial charge in [0.2, 0.25) is 5.91 Å². The number of nitrogens with zero attached hydrogens (tertiary/aromatic N) is 2. The number of ether oxygens (including phenoxy) is 1. The number of rotatable bonds is 5. The van der Waals surface area contributed by atoms with Gasteiger partial charge in [0.25, 0.3) is 5.91 Å². The molecular formula is C22H22N4O3S. The second-order valence-electron chi connectivity index (χ2n) is 7.58. The second kappa shape index (κ2) is 7.95. The molecule has 0 unspecified atom stereocenters. The lowest BCUT2D eigenvalue weighted by Gasteiger charge is -2.17. The monoisotopic (exact) mass is 422 g/mol. The van der Waals surface area contributed by atoms with Crippen molar-refractivity contribution < 1.29 is 14.3 Å². The molecule has 0 spiro atoms. The first-order valence-corrected chi connectivity index (χ1v) is 11.0. The summed E-state index contributed by atoms with van der Waals surface area (Å²) in [6, 6.07) is 11.2. The Morgan fingerprint density at radius 3 is 2.90 bits per heavy atom. The highest BCUT2D eigenvalue weighted by Gasteiger charge is 2.17. The molecule has 3 aromatic rings. The average Bonchev–Trinajstić information content (AvgIpc) is 3.41. The maximum atomic E-state index is 12.4. The minimum Gasteiger partial charge on any atom is -0.484 e. The molecule has 1 aromatic heterocycles. The van der Waals surface area contributed by atoms with E-state index in [1.165, 1.54) is 12.8 Å². The van der Waals surface area contributed by atoms with Crippen molar-refractivity contribution in [3.05, 3.63) is 42.0 Å². The number of hydrogen-bond donors (Lipinski definition) is 2. The van der Waals surface area contributed by atoms with Crippen LogP contribution in [0.4, 0.5) is 16.5 Å². The number of hydrogen-bond acceptors (Lipinski definition) is 6. The fraction of sp³-hybridized carbons (Fsp3) is 0.318. The lowest BCUT2D eigenvalue weighted by Crippen LogP contribution is -2.21. The number of amides is 2. The number of anilines is 3. The van der Waals surface area contributed by atoms with Crippen molar-refractivity contribution in [2.45, 2.75) is 25.7 Å². The molecule has 1 fully saturated rings. The van der Waals surface area contributed by atoms with Crippen molar-refractivity contribution in [3.63, 3.8) is 0 Å². The zero-order valence-electron chi connectivity index (χ0n) is 16.4. The third kappa shape index (κ3) is 3.95. The Morgan fingerprint density at radius 2 is 2.03 bits per heavy atom. The summed E-state index contributed by atoms with van der Waals surface area (Å²) in [4.78, 5) is 30.8. The van der Waals surface area contributed by atoms with E-state index in [1.807, 2.05) is 30.3 Å². The van der Waals surface area contributed by atoms with Gasteiger partial charge in [-0.15, -0.1) is 0 Å². The van der Waals surface area contributed by atoms with E-state index in [0.717, 1.165) is 45.4 Å². The third-order valence-corrected chi connectivity index (χ3v) is 6.46. The van der Waals surface area contributed by atoms with Crippen molar-refractivity contribution >= 4 is 49.9 Å². The van der Waals surface area contributed by atoms with Gasteiger partial charge in [-0.25, -0.2) is 4.98 Å². The SMILES string of the molecule is O=C(COc1ccc2c(c1)CCC(=O)N2)Nc1ccc2nc(N3CCCC3)sc2c1. The van der Waals surface area contributed by atoms with Crippen molar-refractivity contribution in [2.24, 2.45) is 0 Å². The number of carbonyl (C=O) groups is 2. The highest BCUT2D eigenvalue weighted by molar-refractivity contribution is 7.22. The van der Waals surface area contributed by atoms with Crippen LogP contribution < -0.4 is 20.3 Å². The molecule has 2 aromatic carbocycles. The van der Waals surface area contributed by atoms with Gasteiger partial charge in [-0.1, -0.05) is 11.3 Å². The Balaban J connectivity index is 1.21. The Kier molecular flexibility index (Phi) is 5.00. The summed E-state index contributed by atoms with van der Waals surface area (Å²) >= 11 is 1.66. The van der Waals surface area contributed by atoms with Crippen LogP contribution >= 0.6 is 11.3 Å². The number of nitrogens with one attached hydrogen (secondary N) is 2. The molecule has 0 atom stereocenters. The highest BCUT2D eigenvalue weighted by Crippen LogP contribution is 2.32. The quantitative estimate of drug-likeness (QED) is 0.654. The first-order chi connectivity index (χ1) is 14.6. The molecule has 0 saturated carbocycles. The number of benzene rings is 2. The minimum atomic E-state index is -0.218. The van der Waals surface area contributed by atoms with Gasteiger partial charge >= 0.3 is 0 Å². The zero-order chi connectivity index (χ0) is 20.5. The van der Waals surface area contributed by atoms with Crippen molar-refractivity contribution in [2.75, 3.05) is 35.2 Å². The molecule has 30 heavy (non-hydrogen) atoms. The average molecular weight is 423 g/mol. The molecule has 7 nitrogen and oxygen atoms in total. The van der Waals surface area contributed by atoms with E-state index in [1.54, 1.807) is 17.4 Å². The topological polar surface area (TPSA) is 83.6 Å². The van der Waals surface area contributed by atoms with Crippen molar-refractivity contribution in [1.29, 1.82) is 0 Å². The van der Waals surface area contributed by atoms with E-state index < -0.39 is 0 Å². The lowest BCUT2D eigenvalue weighted by atomic mass is 10.0. The number of aryl methyl sites for hydroxylation is 1. The number of carbonyl (C=O) groups excluding carboxylic acids is 2. The van der Waals surface area contributed by atoms with Crippen LogP contribution in [0.3, 0.4) is 0 Å². The van der Waals surface area contributed by atoms with Gasteiger partial charge in [0.05, 0.1) is 10.2 Å². The number of thiazole rings is 1. The van der Waals surface area contributed by atoms with Gasteiger partial charge in [0.15, 0.2) is 11.7 Å². The molecule has 2 aliphatic heterocycles. The van der Waals surface area contributed by atoms with E-state index in [9.17, 15) is 9.59 Å². The zero-order valence-corrected chi connectivity index (χ0v) is 17.3. The van der Waals surface area contributed by atoms with Crippen LogP contribution in [-0.2, 0) is 16.0 Å². The van der Waals surface area contributed by atoms with Gasteiger partial charge < -0.3 is 20.3 Å². The van der Waals surface area contributed by atoms with E-state index in [0.29, 0.717) is 18.6 Å². The fourth-order valence-electron chi connectivity index (χ4n) is 3.83. The van der Waals surface area contributed by atoms with Gasteiger partial charge in [-0.2, -0.15) is 0 Å². The third-order valence-electron chi connectivity index (χ3n) is 5.38. The standard InChI is InChI=1S/C22H22N4O3S/c27-20-8-3-14-11-16(5-7-17(14)24-20)29-13-21(28)23-15-4-6-18-19(12-15)30-22(25-18)26-9-1-2-10-26/h4-7,11-12H,1-3,8-10,13H2,(H,23,28)(H,24,27). The van der Waals surface area contributed by atoms with Gasteiger partial charge in [-0.05, 0) is 61.2 Å². The van der Waals surface area contributed by atoms with Crippen molar-refractivity contribution in [3.8, 4) is 5.75 Å². The lowest BCUT2D eigenvalue weighted by molar-refractivity contribution is -0.118. The van der Waals surface area contributed by atoms with Crippen LogP contribution in [0.15, 0.2) is 36.4 Å². The summed E-state index contributed by atoms with van der Waals surface area (Å²) < 4.78 is 6.71. The molecule has 5 rings (SSSR count). The van der Waals surface area contributed by atoms with Gasteiger partial charge in [0.1, 0.15) is 5.75 Å². The second-order valence-corrected chi connectivity index (χ2v) is 8.59. The van der Waals surface area contributed by atoms with E-state index in [-0.39, 0.29) is 18.4 Å².